The summed E-state index contributed by atoms with van der Waals surface area (Å²) in [6.45, 7) is 2.65. The van der Waals surface area contributed by atoms with Crippen LogP contribution in [0.3, 0.4) is 0 Å². The molecule has 0 spiro atoms. The zero-order chi connectivity index (χ0) is 13.9. The normalized spacial score (nSPS) is 28.8. The van der Waals surface area contributed by atoms with E-state index in [4.69, 9.17) is 15.7 Å². The second-order valence-corrected chi connectivity index (χ2v) is 5.65. The average molecular weight is 269 g/mol. The van der Waals surface area contributed by atoms with Crippen LogP contribution in [0.25, 0.3) is 0 Å². The zero-order valence-corrected chi connectivity index (χ0v) is 11.5. The number of nitrogens with zero attached hydrogens (tertiary/aromatic N) is 2. The van der Waals surface area contributed by atoms with E-state index >= 15 is 0 Å². The van der Waals surface area contributed by atoms with Gasteiger partial charge in [0.2, 0.25) is 0 Å². The molecule has 1 heterocycles. The first kappa shape index (κ1) is 14.1. The molecule has 1 saturated carbocycles. The first-order valence-electron chi connectivity index (χ1n) is 6.98. The molecule has 19 heavy (non-hydrogen) atoms. The van der Waals surface area contributed by atoms with Crippen molar-refractivity contribution in [1.82, 2.24) is 4.90 Å². The second-order valence-electron chi connectivity index (χ2n) is 5.65. The van der Waals surface area contributed by atoms with Gasteiger partial charge in [-0.05, 0) is 32.6 Å². The predicted molar refractivity (Wildman–Crippen MR) is 71.0 cm³/mol. The van der Waals surface area contributed by atoms with Crippen molar-refractivity contribution < 1.29 is 14.7 Å². The summed E-state index contributed by atoms with van der Waals surface area (Å²) in [5, 5.41) is 11.7. The van der Waals surface area contributed by atoms with E-state index in [2.05, 4.69) is 5.16 Å². The quantitative estimate of drug-likeness (QED) is 0.346. The fourth-order valence-electron chi connectivity index (χ4n) is 3.04. The van der Waals surface area contributed by atoms with E-state index in [-0.39, 0.29) is 24.3 Å². The van der Waals surface area contributed by atoms with Gasteiger partial charge in [-0.2, -0.15) is 0 Å². The van der Waals surface area contributed by atoms with Crippen LogP contribution in [-0.2, 0) is 9.53 Å². The molecule has 1 aliphatic carbocycles. The van der Waals surface area contributed by atoms with Gasteiger partial charge in [-0.15, -0.1) is 0 Å². The first-order chi connectivity index (χ1) is 9.07. The van der Waals surface area contributed by atoms with Crippen LogP contribution < -0.4 is 5.73 Å². The molecule has 2 aliphatic rings. The Hall–Kier alpha value is -1.30. The minimum absolute atomic E-state index is 0.0245. The molecule has 2 rings (SSSR count). The van der Waals surface area contributed by atoms with Crippen LogP contribution in [0.1, 0.15) is 45.4 Å². The summed E-state index contributed by atoms with van der Waals surface area (Å²) in [5.74, 6) is 0.0466. The molecule has 6 heteroatoms. The molecule has 1 saturated heterocycles. The third-order valence-electron chi connectivity index (χ3n) is 4.16. The highest BCUT2D eigenvalue weighted by Crippen LogP contribution is 2.31. The molecule has 0 bridgehead atoms. The molecule has 0 aromatic heterocycles. The average Bonchev–Trinajstić information content (AvgIpc) is 3.06. The summed E-state index contributed by atoms with van der Waals surface area (Å²) in [4.78, 5) is 14.5. The molecule has 3 N–H and O–H groups in total. The van der Waals surface area contributed by atoms with E-state index in [0.717, 1.165) is 38.5 Å². The van der Waals surface area contributed by atoms with Crippen LogP contribution in [0.5, 0.6) is 0 Å². The summed E-state index contributed by atoms with van der Waals surface area (Å²) in [6.07, 6.45) is 5.88. The Bertz CT molecular complexity index is 358. The van der Waals surface area contributed by atoms with Crippen molar-refractivity contribution >= 4 is 11.7 Å². The largest absolute Gasteiger partial charge is 0.409 e. The summed E-state index contributed by atoms with van der Waals surface area (Å²) in [7, 11) is 0. The molecule has 0 radical (unpaired) electrons. The summed E-state index contributed by atoms with van der Waals surface area (Å²) >= 11 is 0. The summed E-state index contributed by atoms with van der Waals surface area (Å²) < 4.78 is 5.62. The van der Waals surface area contributed by atoms with E-state index in [1.807, 2.05) is 6.92 Å². The van der Waals surface area contributed by atoms with Gasteiger partial charge in [0.25, 0.3) is 5.91 Å². The number of ether oxygens (including phenoxy) is 1. The Morgan fingerprint density at radius 1 is 1.47 bits per heavy atom. The van der Waals surface area contributed by atoms with Crippen molar-refractivity contribution in [2.45, 2.75) is 57.1 Å². The van der Waals surface area contributed by atoms with Crippen molar-refractivity contribution in [3.05, 3.63) is 0 Å². The third kappa shape index (κ3) is 3.00. The van der Waals surface area contributed by atoms with Crippen molar-refractivity contribution in [3.63, 3.8) is 0 Å². The number of nitrogens with two attached hydrogens (primary N) is 1. The maximum absolute atomic E-state index is 12.7. The minimum atomic E-state index is -0.738. The van der Waals surface area contributed by atoms with Gasteiger partial charge in [-0.25, -0.2) is 0 Å². The van der Waals surface area contributed by atoms with Crippen LogP contribution >= 0.6 is 0 Å². The van der Waals surface area contributed by atoms with Crippen LogP contribution in [-0.4, -0.2) is 46.6 Å². The molecular formula is C13H23N3O3. The van der Waals surface area contributed by atoms with Crippen molar-refractivity contribution in [1.29, 1.82) is 0 Å². The van der Waals surface area contributed by atoms with Crippen molar-refractivity contribution in [2.75, 3.05) is 13.2 Å². The molecule has 0 aromatic rings. The lowest BCUT2D eigenvalue weighted by atomic mass is 9.99. The molecule has 1 unspecified atom stereocenters. The van der Waals surface area contributed by atoms with Crippen molar-refractivity contribution in [3.8, 4) is 0 Å². The lowest BCUT2D eigenvalue weighted by Gasteiger charge is -2.34. The number of rotatable bonds is 4. The number of amides is 1. The van der Waals surface area contributed by atoms with Gasteiger partial charge in [0.05, 0.1) is 6.54 Å². The standard InChI is InChI=1S/C13H23N3O3/c1-13(7-4-8-19-13)12(17)16(9-11(14)15-18)10-5-2-3-6-10/h10,18H,2-9H2,1H3,(H2,14,15). The monoisotopic (exact) mass is 269 g/mol. The Morgan fingerprint density at radius 2 is 2.16 bits per heavy atom. The van der Waals surface area contributed by atoms with Crippen LogP contribution in [0.4, 0.5) is 0 Å². The SMILES string of the molecule is CC1(C(=O)N(CC(N)=NO)C2CCCC2)CCCO1. The first-order valence-corrected chi connectivity index (χ1v) is 6.98. The maximum Gasteiger partial charge on any atom is 0.255 e. The smallest absolute Gasteiger partial charge is 0.255 e. The highest BCUT2D eigenvalue weighted by Gasteiger charge is 2.43. The second kappa shape index (κ2) is 5.77. The highest BCUT2D eigenvalue weighted by molar-refractivity contribution is 5.91. The van der Waals surface area contributed by atoms with Gasteiger partial charge in [0.1, 0.15) is 5.60 Å². The molecule has 108 valence electrons. The van der Waals surface area contributed by atoms with Gasteiger partial charge >= 0.3 is 0 Å². The van der Waals surface area contributed by atoms with Gasteiger partial charge < -0.3 is 20.6 Å². The molecule has 6 nitrogen and oxygen atoms in total. The van der Waals surface area contributed by atoms with Crippen LogP contribution in [0.15, 0.2) is 5.16 Å². The van der Waals surface area contributed by atoms with Gasteiger partial charge in [0, 0.05) is 12.6 Å². The number of hydrogen-bond acceptors (Lipinski definition) is 4. The topological polar surface area (TPSA) is 88.2 Å². The summed E-state index contributed by atoms with van der Waals surface area (Å²) in [6, 6.07) is 0.189. The minimum Gasteiger partial charge on any atom is -0.409 e. The molecule has 1 aliphatic heterocycles. The molecule has 1 amide bonds. The molecule has 2 fully saturated rings. The van der Waals surface area contributed by atoms with Crippen LogP contribution in [0, 0.1) is 0 Å². The fraction of sp³-hybridized carbons (Fsp3) is 0.846. The van der Waals surface area contributed by atoms with E-state index in [1.54, 1.807) is 4.90 Å². The number of oxime groups is 1. The number of carbonyl (C=O) groups excluding carboxylic acids is 1. The highest BCUT2D eigenvalue weighted by atomic mass is 16.5. The lowest BCUT2D eigenvalue weighted by Crippen LogP contribution is -2.53. The third-order valence-corrected chi connectivity index (χ3v) is 4.16. The predicted octanol–water partition coefficient (Wildman–Crippen LogP) is 1.07. The molecule has 0 aromatic carbocycles. The zero-order valence-electron chi connectivity index (χ0n) is 11.5. The Morgan fingerprint density at radius 3 is 2.68 bits per heavy atom. The van der Waals surface area contributed by atoms with Gasteiger partial charge in [0.15, 0.2) is 5.84 Å². The van der Waals surface area contributed by atoms with E-state index in [1.165, 1.54) is 0 Å². The van der Waals surface area contributed by atoms with E-state index in [9.17, 15) is 4.79 Å². The molecular weight excluding hydrogens is 246 g/mol. The van der Waals surface area contributed by atoms with Crippen molar-refractivity contribution in [2.24, 2.45) is 10.9 Å². The number of amidine groups is 1. The summed E-state index contributed by atoms with van der Waals surface area (Å²) in [5.41, 5.74) is 4.85. The molecule has 1 atom stereocenters. The lowest BCUT2D eigenvalue weighted by molar-refractivity contribution is -0.152. The van der Waals surface area contributed by atoms with Crippen LogP contribution in [0.2, 0.25) is 0 Å². The number of carbonyl (C=O) groups is 1. The number of hydrogen-bond donors (Lipinski definition) is 2. The Labute approximate surface area is 113 Å². The van der Waals surface area contributed by atoms with E-state index in [0.29, 0.717) is 6.61 Å². The Kier molecular flexibility index (Phi) is 4.29. The maximum atomic E-state index is 12.7. The Balaban J connectivity index is 2.13. The van der Waals surface area contributed by atoms with E-state index < -0.39 is 5.60 Å². The van der Waals surface area contributed by atoms with Gasteiger partial charge in [-0.1, -0.05) is 18.0 Å². The van der Waals surface area contributed by atoms with Gasteiger partial charge in [-0.3, -0.25) is 4.79 Å². The fourth-order valence-corrected chi connectivity index (χ4v) is 3.04.